The lowest BCUT2D eigenvalue weighted by Crippen LogP contribution is -2.54. The van der Waals surface area contributed by atoms with Crippen molar-refractivity contribution in [2.45, 2.75) is 57.1 Å². The Morgan fingerprint density at radius 3 is 2.58 bits per heavy atom. The summed E-state index contributed by atoms with van der Waals surface area (Å²) in [5, 5.41) is 9.06. The second-order valence-corrected chi connectivity index (χ2v) is 9.18. The van der Waals surface area contributed by atoms with Gasteiger partial charge in [-0.1, -0.05) is 30.3 Å². The molecule has 6 heteroatoms. The van der Waals surface area contributed by atoms with Gasteiger partial charge < -0.3 is 19.5 Å². The summed E-state index contributed by atoms with van der Waals surface area (Å²) in [6, 6.07) is 17.2. The minimum Gasteiger partial charge on any atom is -0.493 e. The van der Waals surface area contributed by atoms with E-state index in [-0.39, 0.29) is 12.5 Å². The molecule has 1 saturated carbocycles. The molecule has 33 heavy (non-hydrogen) atoms. The van der Waals surface area contributed by atoms with Crippen molar-refractivity contribution < 1.29 is 19.4 Å². The van der Waals surface area contributed by atoms with E-state index in [1.807, 2.05) is 12.1 Å². The van der Waals surface area contributed by atoms with Gasteiger partial charge in [-0.3, -0.25) is 9.69 Å². The van der Waals surface area contributed by atoms with Crippen LogP contribution in [0.3, 0.4) is 0 Å². The van der Waals surface area contributed by atoms with Crippen LogP contribution < -0.4 is 14.4 Å². The molecule has 0 aromatic heterocycles. The SMILES string of the molecule is COc1ccc(N2CCN(CCCC(=O)O)[C@@H](Cc3ccccc3)C2)cc1OC1CCCC1. The number of aliphatic carboxylic acids is 1. The van der Waals surface area contributed by atoms with Crippen molar-refractivity contribution in [3.8, 4) is 11.5 Å². The fraction of sp³-hybridized carbons (Fsp3) is 0.519. The molecule has 0 amide bonds. The van der Waals surface area contributed by atoms with Crippen LogP contribution in [0.4, 0.5) is 5.69 Å². The second-order valence-electron chi connectivity index (χ2n) is 9.18. The number of benzene rings is 2. The van der Waals surface area contributed by atoms with Crippen LogP contribution in [0, 0.1) is 0 Å². The third-order valence-electron chi connectivity index (χ3n) is 6.86. The van der Waals surface area contributed by atoms with Crippen LogP contribution in [0.15, 0.2) is 48.5 Å². The molecule has 1 atom stereocenters. The van der Waals surface area contributed by atoms with Crippen LogP contribution in [0.1, 0.15) is 44.1 Å². The Hall–Kier alpha value is -2.73. The molecule has 2 aromatic rings. The van der Waals surface area contributed by atoms with E-state index in [4.69, 9.17) is 14.6 Å². The van der Waals surface area contributed by atoms with Crippen molar-refractivity contribution in [3.63, 3.8) is 0 Å². The lowest BCUT2D eigenvalue weighted by atomic mass is 10.0. The van der Waals surface area contributed by atoms with Gasteiger partial charge in [0.05, 0.1) is 13.2 Å². The van der Waals surface area contributed by atoms with E-state index in [0.29, 0.717) is 12.5 Å². The largest absolute Gasteiger partial charge is 0.493 e. The van der Waals surface area contributed by atoms with Crippen molar-refractivity contribution in [2.75, 3.05) is 38.2 Å². The molecule has 2 aliphatic rings. The zero-order valence-electron chi connectivity index (χ0n) is 19.6. The summed E-state index contributed by atoms with van der Waals surface area (Å²) < 4.78 is 11.9. The number of carboxylic acid groups (broad SMARTS) is 1. The number of carboxylic acids is 1. The maximum absolute atomic E-state index is 11.0. The maximum Gasteiger partial charge on any atom is 0.303 e. The van der Waals surface area contributed by atoms with Crippen LogP contribution in [0.2, 0.25) is 0 Å². The molecule has 1 saturated heterocycles. The summed E-state index contributed by atoms with van der Waals surface area (Å²) in [7, 11) is 1.70. The van der Waals surface area contributed by atoms with Gasteiger partial charge in [-0.15, -0.1) is 0 Å². The average molecular weight is 453 g/mol. The van der Waals surface area contributed by atoms with Gasteiger partial charge in [0.2, 0.25) is 0 Å². The number of hydrogen-bond acceptors (Lipinski definition) is 5. The summed E-state index contributed by atoms with van der Waals surface area (Å²) in [5.74, 6) is 0.908. The van der Waals surface area contributed by atoms with E-state index >= 15 is 0 Å². The monoisotopic (exact) mass is 452 g/mol. The quantitative estimate of drug-likeness (QED) is 0.568. The van der Waals surface area contributed by atoms with E-state index in [0.717, 1.165) is 62.6 Å². The molecule has 0 spiro atoms. The van der Waals surface area contributed by atoms with E-state index in [2.05, 4.69) is 46.2 Å². The summed E-state index contributed by atoms with van der Waals surface area (Å²) in [5.41, 5.74) is 2.47. The van der Waals surface area contributed by atoms with E-state index in [1.54, 1.807) is 7.11 Å². The fourth-order valence-corrected chi connectivity index (χ4v) is 5.07. The van der Waals surface area contributed by atoms with Crippen LogP contribution in [-0.4, -0.2) is 61.4 Å². The van der Waals surface area contributed by atoms with Crippen molar-refractivity contribution in [1.29, 1.82) is 0 Å². The summed E-state index contributed by atoms with van der Waals surface area (Å²) in [4.78, 5) is 15.9. The maximum atomic E-state index is 11.0. The standard InChI is InChI=1S/C27H36N2O4/c1-32-25-14-13-22(19-26(25)33-24-10-5-6-11-24)29-17-16-28(15-7-12-27(30)31)23(20-29)18-21-8-3-2-4-9-21/h2-4,8-9,13-14,19,23-24H,5-7,10-12,15-18,20H2,1H3,(H,30,31)/t23-/m0/s1. The Labute approximate surface area is 197 Å². The van der Waals surface area contributed by atoms with Crippen molar-refractivity contribution in [3.05, 3.63) is 54.1 Å². The second kappa shape index (κ2) is 11.4. The van der Waals surface area contributed by atoms with Crippen LogP contribution >= 0.6 is 0 Å². The first-order valence-corrected chi connectivity index (χ1v) is 12.2. The zero-order valence-corrected chi connectivity index (χ0v) is 19.6. The number of carbonyl (C=O) groups is 1. The molecule has 0 radical (unpaired) electrons. The number of rotatable bonds is 10. The molecule has 2 aromatic carbocycles. The minimum absolute atomic E-state index is 0.221. The molecule has 1 aliphatic carbocycles. The number of methoxy groups -OCH3 is 1. The molecule has 178 valence electrons. The molecule has 2 fully saturated rings. The van der Waals surface area contributed by atoms with Crippen molar-refractivity contribution in [1.82, 2.24) is 4.90 Å². The molecule has 1 heterocycles. The Morgan fingerprint density at radius 1 is 1.06 bits per heavy atom. The molecule has 1 N–H and O–H groups in total. The highest BCUT2D eigenvalue weighted by atomic mass is 16.5. The number of nitrogens with zero attached hydrogens (tertiary/aromatic N) is 2. The topological polar surface area (TPSA) is 62.2 Å². The Morgan fingerprint density at radius 2 is 1.85 bits per heavy atom. The molecule has 0 bridgehead atoms. The van der Waals surface area contributed by atoms with Gasteiger partial charge in [0, 0.05) is 43.9 Å². The molecule has 6 nitrogen and oxygen atoms in total. The highest BCUT2D eigenvalue weighted by Crippen LogP contribution is 2.35. The lowest BCUT2D eigenvalue weighted by molar-refractivity contribution is -0.137. The summed E-state index contributed by atoms with van der Waals surface area (Å²) in [6.07, 6.45) is 6.83. The van der Waals surface area contributed by atoms with Gasteiger partial charge in [-0.2, -0.15) is 0 Å². The van der Waals surface area contributed by atoms with Crippen molar-refractivity contribution >= 4 is 11.7 Å². The van der Waals surface area contributed by atoms with Gasteiger partial charge in [-0.25, -0.2) is 0 Å². The molecule has 4 rings (SSSR count). The minimum atomic E-state index is -0.721. The predicted molar refractivity (Wildman–Crippen MR) is 130 cm³/mol. The highest BCUT2D eigenvalue weighted by Gasteiger charge is 2.28. The molecule has 1 aliphatic heterocycles. The zero-order chi connectivity index (χ0) is 23.0. The van der Waals surface area contributed by atoms with Crippen LogP contribution in [0.5, 0.6) is 11.5 Å². The van der Waals surface area contributed by atoms with Crippen molar-refractivity contribution in [2.24, 2.45) is 0 Å². The van der Waals surface area contributed by atoms with Gasteiger partial charge >= 0.3 is 5.97 Å². The number of ether oxygens (including phenoxy) is 2. The first-order chi connectivity index (χ1) is 16.1. The van der Waals surface area contributed by atoms with E-state index in [9.17, 15) is 4.79 Å². The van der Waals surface area contributed by atoms with Crippen LogP contribution in [0.25, 0.3) is 0 Å². The Bertz CT molecular complexity index is 898. The third-order valence-corrected chi connectivity index (χ3v) is 6.86. The first-order valence-electron chi connectivity index (χ1n) is 12.2. The average Bonchev–Trinajstić information content (AvgIpc) is 3.33. The Kier molecular flexibility index (Phi) is 8.10. The first kappa shape index (κ1) is 23.4. The lowest BCUT2D eigenvalue weighted by Gasteiger charge is -2.43. The van der Waals surface area contributed by atoms with Gasteiger partial charge in [0.25, 0.3) is 0 Å². The van der Waals surface area contributed by atoms with Gasteiger partial charge in [0.1, 0.15) is 0 Å². The van der Waals surface area contributed by atoms with E-state index in [1.165, 1.54) is 18.4 Å². The fourth-order valence-electron chi connectivity index (χ4n) is 5.07. The number of piperazine rings is 1. The molecular weight excluding hydrogens is 416 g/mol. The predicted octanol–water partition coefficient (Wildman–Crippen LogP) is 4.61. The number of hydrogen-bond donors (Lipinski definition) is 1. The number of anilines is 1. The molecular formula is C27H36N2O4. The van der Waals surface area contributed by atoms with Crippen LogP contribution in [-0.2, 0) is 11.2 Å². The normalized spacial score (nSPS) is 19.5. The Balaban J connectivity index is 1.49. The van der Waals surface area contributed by atoms with Gasteiger partial charge in [-0.05, 0) is 62.8 Å². The smallest absolute Gasteiger partial charge is 0.303 e. The van der Waals surface area contributed by atoms with Gasteiger partial charge in [0.15, 0.2) is 11.5 Å². The summed E-state index contributed by atoms with van der Waals surface area (Å²) >= 11 is 0. The summed E-state index contributed by atoms with van der Waals surface area (Å²) in [6.45, 7) is 3.54. The third kappa shape index (κ3) is 6.41. The van der Waals surface area contributed by atoms with E-state index < -0.39 is 5.97 Å². The highest BCUT2D eigenvalue weighted by molar-refractivity contribution is 5.66. The molecule has 0 unspecified atom stereocenters.